The summed E-state index contributed by atoms with van der Waals surface area (Å²) in [4.78, 5) is 23.7. The molecule has 0 atom stereocenters. The summed E-state index contributed by atoms with van der Waals surface area (Å²) in [5.74, 6) is 0.245. The molecule has 0 spiro atoms. The van der Waals surface area contributed by atoms with E-state index in [4.69, 9.17) is 16.3 Å². The number of carbonyl (C=O) groups excluding carboxylic acids is 2. The van der Waals surface area contributed by atoms with Crippen LogP contribution in [-0.4, -0.2) is 31.5 Å². The highest BCUT2D eigenvalue weighted by atomic mass is 35.5. The molecule has 2 N–H and O–H groups in total. The number of rotatable bonds is 7. The van der Waals surface area contributed by atoms with Gasteiger partial charge in [-0.1, -0.05) is 29.3 Å². The van der Waals surface area contributed by atoms with Gasteiger partial charge in [0.1, 0.15) is 5.75 Å². The molecular weight excluding hydrogens is 340 g/mol. The van der Waals surface area contributed by atoms with E-state index in [1.165, 1.54) is 0 Å². The Morgan fingerprint density at radius 2 is 1.68 bits per heavy atom. The predicted molar refractivity (Wildman–Crippen MR) is 98.2 cm³/mol. The lowest BCUT2D eigenvalue weighted by molar-refractivity contribution is -0.123. The minimum absolute atomic E-state index is 0.0605. The summed E-state index contributed by atoms with van der Waals surface area (Å²) in [5.41, 5.74) is 2.66. The highest BCUT2D eigenvalue weighted by Gasteiger charge is 2.06. The topological polar surface area (TPSA) is 67.4 Å². The van der Waals surface area contributed by atoms with Crippen LogP contribution in [0, 0.1) is 13.8 Å². The van der Waals surface area contributed by atoms with E-state index >= 15 is 0 Å². The molecular formula is C19H21ClN2O3. The molecule has 2 amide bonds. The first-order valence-electron chi connectivity index (χ1n) is 7.96. The molecule has 0 fully saturated rings. The molecule has 6 heteroatoms. The van der Waals surface area contributed by atoms with Gasteiger partial charge in [-0.25, -0.2) is 0 Å². The summed E-state index contributed by atoms with van der Waals surface area (Å²) < 4.78 is 5.50. The summed E-state index contributed by atoms with van der Waals surface area (Å²) >= 11 is 5.78. The van der Waals surface area contributed by atoms with E-state index in [1.807, 2.05) is 32.0 Å². The molecule has 0 saturated carbocycles. The second-order valence-electron chi connectivity index (χ2n) is 5.67. The number of halogens is 1. The SMILES string of the molecule is Cc1ccc(OCC(=O)NCCNC(=O)c2ccc(Cl)cc2)c(C)c1. The quantitative estimate of drug-likeness (QED) is 0.746. The predicted octanol–water partition coefficient (Wildman–Crippen LogP) is 2.88. The molecule has 0 unspecified atom stereocenters. The van der Waals surface area contributed by atoms with Crippen molar-refractivity contribution < 1.29 is 14.3 Å². The van der Waals surface area contributed by atoms with E-state index in [0.717, 1.165) is 11.1 Å². The van der Waals surface area contributed by atoms with Gasteiger partial charge < -0.3 is 15.4 Å². The Balaban J connectivity index is 1.66. The Morgan fingerprint density at radius 1 is 1.00 bits per heavy atom. The molecule has 25 heavy (non-hydrogen) atoms. The van der Waals surface area contributed by atoms with Crippen LogP contribution in [0.2, 0.25) is 5.02 Å². The average Bonchev–Trinajstić information content (AvgIpc) is 2.58. The highest BCUT2D eigenvalue weighted by Crippen LogP contribution is 2.18. The normalized spacial score (nSPS) is 10.2. The van der Waals surface area contributed by atoms with Crippen LogP contribution in [-0.2, 0) is 4.79 Å². The number of hydrogen-bond donors (Lipinski definition) is 2. The maximum Gasteiger partial charge on any atom is 0.258 e. The smallest absolute Gasteiger partial charge is 0.258 e. The van der Waals surface area contributed by atoms with E-state index in [-0.39, 0.29) is 18.4 Å². The second-order valence-corrected chi connectivity index (χ2v) is 6.11. The standard InChI is InChI=1S/C19H21ClN2O3/c1-13-3-8-17(14(2)11-13)25-12-18(23)21-9-10-22-19(24)15-4-6-16(20)7-5-15/h3-8,11H,9-10,12H2,1-2H3,(H,21,23)(H,22,24). The van der Waals surface area contributed by atoms with Crippen molar-refractivity contribution in [2.75, 3.05) is 19.7 Å². The molecule has 0 aliphatic heterocycles. The van der Waals surface area contributed by atoms with Gasteiger partial charge in [0.25, 0.3) is 11.8 Å². The van der Waals surface area contributed by atoms with Crippen molar-refractivity contribution in [2.45, 2.75) is 13.8 Å². The first kappa shape index (κ1) is 18.8. The van der Waals surface area contributed by atoms with Crippen LogP contribution in [0.4, 0.5) is 0 Å². The Bertz CT molecular complexity index is 745. The molecule has 0 heterocycles. The molecule has 0 saturated heterocycles. The number of carbonyl (C=O) groups is 2. The van der Waals surface area contributed by atoms with Crippen molar-refractivity contribution in [1.82, 2.24) is 10.6 Å². The minimum Gasteiger partial charge on any atom is -0.484 e. The van der Waals surface area contributed by atoms with Gasteiger partial charge in [-0.05, 0) is 49.7 Å². The van der Waals surface area contributed by atoms with Crippen LogP contribution < -0.4 is 15.4 Å². The van der Waals surface area contributed by atoms with Crippen LogP contribution in [0.3, 0.4) is 0 Å². The Kier molecular flexibility index (Phi) is 6.83. The lowest BCUT2D eigenvalue weighted by Crippen LogP contribution is -2.36. The van der Waals surface area contributed by atoms with Gasteiger partial charge >= 0.3 is 0 Å². The zero-order chi connectivity index (χ0) is 18.2. The fourth-order valence-electron chi connectivity index (χ4n) is 2.24. The Hall–Kier alpha value is -2.53. The number of amides is 2. The highest BCUT2D eigenvalue weighted by molar-refractivity contribution is 6.30. The number of hydrogen-bond acceptors (Lipinski definition) is 3. The molecule has 132 valence electrons. The summed E-state index contributed by atoms with van der Waals surface area (Å²) in [6.07, 6.45) is 0. The summed E-state index contributed by atoms with van der Waals surface area (Å²) in [5, 5.41) is 6.00. The van der Waals surface area contributed by atoms with Crippen LogP contribution in [0.15, 0.2) is 42.5 Å². The van der Waals surface area contributed by atoms with Crippen molar-refractivity contribution in [3.05, 3.63) is 64.2 Å². The largest absolute Gasteiger partial charge is 0.484 e. The van der Waals surface area contributed by atoms with Gasteiger partial charge in [-0.15, -0.1) is 0 Å². The Labute approximate surface area is 152 Å². The second kappa shape index (κ2) is 9.08. The molecule has 2 rings (SSSR count). The van der Waals surface area contributed by atoms with Gasteiger partial charge in [-0.3, -0.25) is 9.59 Å². The van der Waals surface area contributed by atoms with Crippen LogP contribution in [0.1, 0.15) is 21.5 Å². The van der Waals surface area contributed by atoms with Crippen molar-refractivity contribution >= 4 is 23.4 Å². The fraction of sp³-hybridized carbons (Fsp3) is 0.263. The monoisotopic (exact) mass is 360 g/mol. The number of benzene rings is 2. The summed E-state index contributed by atoms with van der Waals surface area (Å²) in [7, 11) is 0. The van der Waals surface area contributed by atoms with Gasteiger partial charge in [0.15, 0.2) is 6.61 Å². The van der Waals surface area contributed by atoms with Gasteiger partial charge in [0.05, 0.1) is 0 Å². The lowest BCUT2D eigenvalue weighted by atomic mass is 10.1. The molecule has 5 nitrogen and oxygen atoms in total. The Morgan fingerprint density at radius 3 is 2.36 bits per heavy atom. The zero-order valence-electron chi connectivity index (χ0n) is 14.3. The van der Waals surface area contributed by atoms with Gasteiger partial charge in [0.2, 0.25) is 0 Å². The first-order chi connectivity index (χ1) is 12.0. The van der Waals surface area contributed by atoms with E-state index in [1.54, 1.807) is 24.3 Å². The molecule has 0 aliphatic rings. The van der Waals surface area contributed by atoms with Crippen molar-refractivity contribution in [1.29, 1.82) is 0 Å². The zero-order valence-corrected chi connectivity index (χ0v) is 15.0. The van der Waals surface area contributed by atoms with Gasteiger partial charge in [-0.2, -0.15) is 0 Å². The van der Waals surface area contributed by atoms with Crippen molar-refractivity contribution in [3.63, 3.8) is 0 Å². The maximum atomic E-state index is 11.9. The third kappa shape index (κ3) is 6.12. The molecule has 0 aliphatic carbocycles. The van der Waals surface area contributed by atoms with E-state index in [2.05, 4.69) is 10.6 Å². The van der Waals surface area contributed by atoms with Crippen molar-refractivity contribution in [3.8, 4) is 5.75 Å². The fourth-order valence-corrected chi connectivity index (χ4v) is 2.36. The van der Waals surface area contributed by atoms with Crippen LogP contribution >= 0.6 is 11.6 Å². The van der Waals surface area contributed by atoms with E-state index < -0.39 is 0 Å². The van der Waals surface area contributed by atoms with E-state index in [0.29, 0.717) is 29.4 Å². The summed E-state index contributed by atoms with van der Waals surface area (Å²) in [6.45, 7) is 4.54. The first-order valence-corrected chi connectivity index (χ1v) is 8.34. The van der Waals surface area contributed by atoms with Crippen LogP contribution in [0.5, 0.6) is 5.75 Å². The molecule has 2 aromatic rings. The molecule has 0 bridgehead atoms. The van der Waals surface area contributed by atoms with Crippen LogP contribution in [0.25, 0.3) is 0 Å². The van der Waals surface area contributed by atoms with E-state index in [9.17, 15) is 9.59 Å². The average molecular weight is 361 g/mol. The molecule has 0 aromatic heterocycles. The summed E-state index contributed by atoms with van der Waals surface area (Å²) in [6, 6.07) is 12.4. The maximum absolute atomic E-state index is 11.9. The lowest BCUT2D eigenvalue weighted by Gasteiger charge is -2.10. The number of ether oxygens (including phenoxy) is 1. The number of aryl methyl sites for hydroxylation is 2. The van der Waals surface area contributed by atoms with Crippen molar-refractivity contribution in [2.24, 2.45) is 0 Å². The van der Waals surface area contributed by atoms with Gasteiger partial charge in [0, 0.05) is 23.7 Å². The molecule has 2 aromatic carbocycles. The minimum atomic E-state index is -0.235. The molecule has 0 radical (unpaired) electrons. The third-order valence-electron chi connectivity index (χ3n) is 3.53. The third-order valence-corrected chi connectivity index (χ3v) is 3.78. The number of nitrogens with one attached hydrogen (secondary N) is 2.